The number of benzene rings is 3. The molecule has 0 heterocycles. The highest BCUT2D eigenvalue weighted by Crippen LogP contribution is 2.22. The summed E-state index contributed by atoms with van der Waals surface area (Å²) in [7, 11) is 0. The van der Waals surface area contributed by atoms with Crippen LogP contribution in [0.5, 0.6) is 0 Å². The van der Waals surface area contributed by atoms with Gasteiger partial charge >= 0.3 is 0 Å². The number of hydrogen-bond donors (Lipinski definition) is 2. The maximum absolute atomic E-state index is 8.79. The van der Waals surface area contributed by atoms with Crippen molar-refractivity contribution in [2.24, 2.45) is 5.73 Å². The zero-order chi connectivity index (χ0) is 18.5. The monoisotopic (exact) mass is 340 g/mol. The number of hydrogen-bond acceptors (Lipinski definition) is 2. The molecule has 0 saturated carbocycles. The van der Waals surface area contributed by atoms with Crippen molar-refractivity contribution < 1.29 is 0 Å². The van der Waals surface area contributed by atoms with Gasteiger partial charge in [0.25, 0.3) is 0 Å². The Bertz CT molecular complexity index is 918. The maximum Gasteiger partial charge on any atom is 0.0668 e. The minimum absolute atomic E-state index is 0.479. The van der Waals surface area contributed by atoms with Crippen LogP contribution in [-0.2, 0) is 6.42 Å². The minimum atomic E-state index is 0.479. The highest BCUT2D eigenvalue weighted by atomic mass is 14.6. The third-order valence-corrected chi connectivity index (χ3v) is 4.55. The molecule has 0 unspecified atom stereocenters. The van der Waals surface area contributed by atoms with Gasteiger partial charge in [-0.1, -0.05) is 90.0 Å². The normalized spacial score (nSPS) is 11.8. The van der Waals surface area contributed by atoms with E-state index in [4.69, 9.17) is 11.1 Å². The van der Waals surface area contributed by atoms with Gasteiger partial charge in [-0.25, -0.2) is 0 Å². The highest BCUT2D eigenvalue weighted by molar-refractivity contribution is 6.14. The Labute approximate surface area is 155 Å². The van der Waals surface area contributed by atoms with Crippen molar-refractivity contribution in [3.8, 4) is 0 Å². The van der Waals surface area contributed by atoms with Gasteiger partial charge in [0.15, 0.2) is 0 Å². The van der Waals surface area contributed by atoms with Gasteiger partial charge in [-0.15, -0.1) is 0 Å². The maximum atomic E-state index is 8.79. The van der Waals surface area contributed by atoms with Crippen molar-refractivity contribution in [3.05, 3.63) is 112 Å². The number of rotatable bonds is 5. The first-order chi connectivity index (χ1) is 12.5. The Morgan fingerprint density at radius 2 is 1.23 bits per heavy atom. The molecular weight excluding hydrogens is 316 g/mol. The van der Waals surface area contributed by atoms with Gasteiger partial charge in [0, 0.05) is 17.7 Å². The van der Waals surface area contributed by atoms with E-state index in [2.05, 4.69) is 38.1 Å². The summed E-state index contributed by atoms with van der Waals surface area (Å²) in [4.78, 5) is 0. The van der Waals surface area contributed by atoms with Gasteiger partial charge in [-0.3, -0.25) is 5.41 Å². The van der Waals surface area contributed by atoms with Crippen LogP contribution in [0.4, 0.5) is 0 Å². The lowest BCUT2D eigenvalue weighted by Crippen LogP contribution is -2.13. The van der Waals surface area contributed by atoms with Crippen molar-refractivity contribution in [1.82, 2.24) is 0 Å². The molecule has 0 atom stereocenters. The van der Waals surface area contributed by atoms with Crippen molar-refractivity contribution in [1.29, 1.82) is 5.41 Å². The van der Waals surface area contributed by atoms with E-state index < -0.39 is 0 Å². The van der Waals surface area contributed by atoms with Crippen LogP contribution in [0, 0.1) is 19.3 Å². The summed E-state index contributed by atoms with van der Waals surface area (Å²) < 4.78 is 0. The highest BCUT2D eigenvalue weighted by Gasteiger charge is 2.14. The molecule has 0 aliphatic carbocycles. The van der Waals surface area contributed by atoms with Gasteiger partial charge in [0.2, 0.25) is 0 Å². The first-order valence-electron chi connectivity index (χ1n) is 8.80. The van der Waals surface area contributed by atoms with E-state index in [1.165, 1.54) is 11.1 Å². The fraction of sp³-hybridized carbons (Fsp3) is 0.125. The van der Waals surface area contributed by atoms with Crippen LogP contribution in [0.15, 0.2) is 84.4 Å². The molecule has 0 radical (unpaired) electrons. The van der Waals surface area contributed by atoms with E-state index in [0.717, 1.165) is 22.3 Å². The lowest BCUT2D eigenvalue weighted by Gasteiger charge is -2.15. The quantitative estimate of drug-likeness (QED) is 0.610. The molecule has 0 aliphatic rings. The predicted octanol–water partition coefficient (Wildman–Crippen LogP) is 5.28. The second-order valence-corrected chi connectivity index (χ2v) is 6.66. The lowest BCUT2D eigenvalue weighted by atomic mass is 9.92. The third-order valence-electron chi connectivity index (χ3n) is 4.55. The number of allylic oxidation sites excluding steroid dienone is 1. The first-order valence-corrected chi connectivity index (χ1v) is 8.80. The van der Waals surface area contributed by atoms with Gasteiger partial charge in [0.1, 0.15) is 0 Å². The van der Waals surface area contributed by atoms with Crippen molar-refractivity contribution in [2.75, 3.05) is 0 Å². The average molecular weight is 340 g/mol. The topological polar surface area (TPSA) is 49.9 Å². The van der Waals surface area contributed by atoms with E-state index >= 15 is 0 Å². The van der Waals surface area contributed by atoms with Crippen LogP contribution >= 0.6 is 0 Å². The summed E-state index contributed by atoms with van der Waals surface area (Å²) >= 11 is 0. The van der Waals surface area contributed by atoms with E-state index in [9.17, 15) is 0 Å². The molecule has 130 valence electrons. The average Bonchev–Trinajstić information content (AvgIpc) is 2.67. The van der Waals surface area contributed by atoms with Gasteiger partial charge in [-0.05, 0) is 30.5 Å². The molecule has 3 aromatic rings. The van der Waals surface area contributed by atoms with E-state index in [1.54, 1.807) is 0 Å². The van der Waals surface area contributed by atoms with Crippen LogP contribution in [0.25, 0.3) is 5.70 Å². The van der Waals surface area contributed by atoms with Crippen LogP contribution in [0.1, 0.15) is 27.8 Å². The van der Waals surface area contributed by atoms with Crippen molar-refractivity contribution in [3.63, 3.8) is 0 Å². The summed E-state index contributed by atoms with van der Waals surface area (Å²) in [6, 6.07) is 26.4. The number of nitrogens with one attached hydrogen (secondary N) is 1. The molecule has 0 bridgehead atoms. The molecule has 2 nitrogen and oxygen atoms in total. The Hall–Kier alpha value is -3.13. The lowest BCUT2D eigenvalue weighted by molar-refractivity contribution is 1.19. The summed E-state index contributed by atoms with van der Waals surface area (Å²) in [5.41, 5.74) is 13.9. The molecule has 3 rings (SSSR count). The molecule has 0 spiro atoms. The Morgan fingerprint density at radius 3 is 1.77 bits per heavy atom. The van der Waals surface area contributed by atoms with Gasteiger partial charge in [-0.2, -0.15) is 0 Å². The zero-order valence-electron chi connectivity index (χ0n) is 15.3. The molecule has 3 aromatic carbocycles. The largest absolute Gasteiger partial charge is 0.398 e. The second kappa shape index (κ2) is 7.83. The van der Waals surface area contributed by atoms with Crippen molar-refractivity contribution in [2.45, 2.75) is 20.3 Å². The molecule has 0 fully saturated rings. The SMILES string of the molecule is Cc1ccc(C(=N)/C(Cc2ccccc2)=C(/N)c2ccc(C)cc2)cc1. The zero-order valence-corrected chi connectivity index (χ0v) is 15.3. The summed E-state index contributed by atoms with van der Waals surface area (Å²) in [5.74, 6) is 0. The van der Waals surface area contributed by atoms with E-state index in [-0.39, 0.29) is 0 Å². The van der Waals surface area contributed by atoms with E-state index in [0.29, 0.717) is 17.8 Å². The number of aryl methyl sites for hydroxylation is 2. The smallest absolute Gasteiger partial charge is 0.0668 e. The minimum Gasteiger partial charge on any atom is -0.398 e. The Balaban J connectivity index is 2.06. The van der Waals surface area contributed by atoms with Gasteiger partial charge < -0.3 is 5.73 Å². The second-order valence-electron chi connectivity index (χ2n) is 6.66. The molecule has 0 aromatic heterocycles. The van der Waals surface area contributed by atoms with Crippen LogP contribution in [-0.4, -0.2) is 5.71 Å². The molecule has 0 saturated heterocycles. The summed E-state index contributed by atoms with van der Waals surface area (Å²) in [5, 5.41) is 8.79. The molecule has 0 aliphatic heterocycles. The number of nitrogens with two attached hydrogens (primary N) is 1. The molecule has 26 heavy (non-hydrogen) atoms. The molecule has 2 heteroatoms. The van der Waals surface area contributed by atoms with Crippen LogP contribution < -0.4 is 5.73 Å². The standard InChI is InChI=1S/C24H24N2/c1-17-8-12-20(13-9-17)23(25)22(16-19-6-4-3-5-7-19)24(26)21-14-10-18(2)11-15-21/h3-15,25H,16,26H2,1-2H3/b24-22+,25-23?. The van der Waals surface area contributed by atoms with E-state index in [1.807, 2.05) is 54.6 Å². The van der Waals surface area contributed by atoms with Crippen LogP contribution in [0.3, 0.4) is 0 Å². The fourth-order valence-electron chi connectivity index (χ4n) is 2.92. The fourth-order valence-corrected chi connectivity index (χ4v) is 2.92. The summed E-state index contributed by atoms with van der Waals surface area (Å²) in [6.07, 6.45) is 0.632. The molecule has 3 N–H and O–H groups in total. The Kier molecular flexibility index (Phi) is 5.33. The third kappa shape index (κ3) is 4.09. The molecule has 0 amide bonds. The van der Waals surface area contributed by atoms with Gasteiger partial charge in [0.05, 0.1) is 5.71 Å². The Morgan fingerprint density at radius 1 is 0.731 bits per heavy atom. The van der Waals surface area contributed by atoms with Crippen molar-refractivity contribution >= 4 is 11.4 Å². The van der Waals surface area contributed by atoms with Crippen LogP contribution in [0.2, 0.25) is 0 Å². The summed E-state index contributed by atoms with van der Waals surface area (Å²) in [6.45, 7) is 4.11. The molecular formula is C24H24N2. The first kappa shape index (κ1) is 17.7. The predicted molar refractivity (Wildman–Crippen MR) is 110 cm³/mol.